The van der Waals surface area contributed by atoms with Crippen molar-refractivity contribution in [1.29, 1.82) is 0 Å². The average Bonchev–Trinajstić information content (AvgIpc) is 3.38. The fourth-order valence-corrected chi connectivity index (χ4v) is 3.18. The summed E-state index contributed by atoms with van der Waals surface area (Å²) in [5, 5.41) is 8.68. The van der Waals surface area contributed by atoms with Gasteiger partial charge in [-0.25, -0.2) is 0 Å². The predicted octanol–water partition coefficient (Wildman–Crippen LogP) is 4.40. The molecule has 26 heavy (non-hydrogen) atoms. The van der Waals surface area contributed by atoms with Crippen molar-refractivity contribution in [1.82, 2.24) is 15.5 Å². The molecule has 4 rings (SSSR count). The van der Waals surface area contributed by atoms with Crippen LogP contribution < -0.4 is 5.32 Å². The van der Waals surface area contributed by atoms with Crippen molar-refractivity contribution >= 4 is 17.2 Å². The summed E-state index contributed by atoms with van der Waals surface area (Å²) in [7, 11) is 0. The first kappa shape index (κ1) is 16.2. The highest BCUT2D eigenvalue weighted by atomic mass is 32.1. The van der Waals surface area contributed by atoms with Gasteiger partial charge in [0.15, 0.2) is 0 Å². The molecule has 0 aliphatic carbocycles. The maximum absolute atomic E-state index is 12.3. The van der Waals surface area contributed by atoms with E-state index in [1.807, 2.05) is 72.1 Å². The summed E-state index contributed by atoms with van der Waals surface area (Å²) in [5.74, 6) is 0.736. The molecule has 0 aliphatic heterocycles. The second-order valence-electron chi connectivity index (χ2n) is 5.62. The van der Waals surface area contributed by atoms with Crippen molar-refractivity contribution in [2.45, 2.75) is 6.54 Å². The lowest BCUT2D eigenvalue weighted by atomic mass is 10.0. The number of carbonyl (C=O) groups is 1. The number of aromatic nitrogens is 2. The fraction of sp³-hybridized carbons (Fsp3) is 0.0500. The molecule has 1 N–H and O–H groups in total. The van der Waals surface area contributed by atoms with Crippen LogP contribution in [0.1, 0.15) is 16.2 Å². The molecule has 2 aromatic heterocycles. The molecule has 0 spiro atoms. The number of carbonyl (C=O) groups excluding carboxylic acids is 1. The number of rotatable bonds is 5. The molecule has 0 bridgehead atoms. The Morgan fingerprint density at radius 3 is 2.46 bits per heavy atom. The van der Waals surface area contributed by atoms with Crippen LogP contribution in [0.15, 0.2) is 76.6 Å². The van der Waals surface area contributed by atoms with E-state index in [9.17, 15) is 4.79 Å². The van der Waals surface area contributed by atoms with Crippen LogP contribution in [0.3, 0.4) is 0 Å². The number of nitrogens with one attached hydrogen (secondary N) is 1. The van der Waals surface area contributed by atoms with Crippen LogP contribution >= 0.6 is 11.3 Å². The summed E-state index contributed by atoms with van der Waals surface area (Å²) in [6.07, 6.45) is 0. The molecule has 5 nitrogen and oxygen atoms in total. The third-order valence-electron chi connectivity index (χ3n) is 3.86. The minimum absolute atomic E-state index is 0.180. The molecule has 2 aromatic carbocycles. The maximum atomic E-state index is 12.3. The van der Waals surface area contributed by atoms with Crippen molar-refractivity contribution in [2.24, 2.45) is 0 Å². The first-order chi connectivity index (χ1) is 12.8. The lowest BCUT2D eigenvalue weighted by Gasteiger charge is -2.05. The average molecular weight is 361 g/mol. The van der Waals surface area contributed by atoms with Crippen LogP contribution in [0, 0.1) is 0 Å². The zero-order valence-electron chi connectivity index (χ0n) is 13.8. The van der Waals surface area contributed by atoms with E-state index in [0.29, 0.717) is 17.3 Å². The van der Waals surface area contributed by atoms with Crippen LogP contribution in [0.5, 0.6) is 0 Å². The van der Waals surface area contributed by atoms with Crippen molar-refractivity contribution in [2.75, 3.05) is 0 Å². The minimum Gasteiger partial charge on any atom is -0.343 e. The summed E-state index contributed by atoms with van der Waals surface area (Å²) < 4.78 is 5.18. The smallest absolute Gasteiger partial charge is 0.251 e. The van der Waals surface area contributed by atoms with Crippen LogP contribution in [-0.4, -0.2) is 16.0 Å². The van der Waals surface area contributed by atoms with E-state index in [2.05, 4.69) is 15.5 Å². The van der Waals surface area contributed by atoms with Crippen LogP contribution in [0.2, 0.25) is 0 Å². The molecule has 2 heterocycles. The zero-order chi connectivity index (χ0) is 17.8. The normalized spacial score (nSPS) is 10.6. The van der Waals surface area contributed by atoms with Gasteiger partial charge in [-0.15, -0.1) is 11.3 Å². The summed E-state index contributed by atoms with van der Waals surface area (Å²) in [6.45, 7) is 0.192. The van der Waals surface area contributed by atoms with E-state index in [1.165, 1.54) is 11.3 Å². The molecule has 0 unspecified atom stereocenters. The Morgan fingerprint density at radius 2 is 1.73 bits per heavy atom. The van der Waals surface area contributed by atoms with Gasteiger partial charge in [0.2, 0.25) is 11.7 Å². The molecule has 6 heteroatoms. The number of amides is 1. The number of thiophene rings is 1. The zero-order valence-corrected chi connectivity index (χ0v) is 14.6. The summed E-state index contributed by atoms with van der Waals surface area (Å²) >= 11 is 1.54. The van der Waals surface area contributed by atoms with Crippen molar-refractivity contribution in [3.05, 3.63) is 83.6 Å². The van der Waals surface area contributed by atoms with Crippen molar-refractivity contribution in [3.8, 4) is 21.8 Å². The SMILES string of the molecule is O=C(NCc1nc(-c2cccs2)no1)c1ccc(-c2ccccc2)cc1. The number of benzene rings is 2. The number of nitrogens with zero attached hydrogens (tertiary/aromatic N) is 2. The molecule has 0 saturated carbocycles. The highest BCUT2D eigenvalue weighted by molar-refractivity contribution is 7.13. The van der Waals surface area contributed by atoms with E-state index >= 15 is 0 Å². The number of hydrogen-bond acceptors (Lipinski definition) is 5. The Kier molecular flexibility index (Phi) is 4.57. The summed E-state index contributed by atoms with van der Waals surface area (Å²) in [6, 6.07) is 21.4. The van der Waals surface area contributed by atoms with E-state index in [1.54, 1.807) is 0 Å². The first-order valence-corrected chi connectivity index (χ1v) is 8.98. The Labute approximate surface area is 154 Å². The summed E-state index contributed by atoms with van der Waals surface area (Å²) in [5.41, 5.74) is 2.77. The third kappa shape index (κ3) is 3.55. The molecule has 0 saturated heterocycles. The number of hydrogen-bond donors (Lipinski definition) is 1. The minimum atomic E-state index is -0.180. The molecule has 0 atom stereocenters. The Morgan fingerprint density at radius 1 is 0.962 bits per heavy atom. The Hall–Kier alpha value is -3.25. The van der Waals surface area contributed by atoms with Crippen molar-refractivity contribution in [3.63, 3.8) is 0 Å². The Bertz CT molecular complexity index is 993. The molecule has 0 radical (unpaired) electrons. The maximum Gasteiger partial charge on any atom is 0.251 e. The topological polar surface area (TPSA) is 68.0 Å². The first-order valence-electron chi connectivity index (χ1n) is 8.10. The van der Waals surface area contributed by atoms with Gasteiger partial charge < -0.3 is 9.84 Å². The van der Waals surface area contributed by atoms with Gasteiger partial charge in [0.05, 0.1) is 11.4 Å². The van der Waals surface area contributed by atoms with Gasteiger partial charge in [0.25, 0.3) is 5.91 Å². The van der Waals surface area contributed by atoms with Crippen LogP contribution in [0.4, 0.5) is 0 Å². The lowest BCUT2D eigenvalue weighted by Crippen LogP contribution is -2.22. The molecule has 0 fully saturated rings. The van der Waals surface area contributed by atoms with Gasteiger partial charge in [-0.05, 0) is 34.7 Å². The van der Waals surface area contributed by atoms with E-state index in [4.69, 9.17) is 4.52 Å². The van der Waals surface area contributed by atoms with Gasteiger partial charge in [-0.2, -0.15) is 4.98 Å². The summed E-state index contributed by atoms with van der Waals surface area (Å²) in [4.78, 5) is 17.5. The van der Waals surface area contributed by atoms with Crippen LogP contribution in [-0.2, 0) is 6.54 Å². The molecule has 128 valence electrons. The van der Waals surface area contributed by atoms with Gasteiger partial charge in [0, 0.05) is 5.56 Å². The molecular formula is C20H15N3O2S. The quantitative estimate of drug-likeness (QED) is 0.572. The van der Waals surface area contributed by atoms with E-state index in [0.717, 1.165) is 16.0 Å². The predicted molar refractivity (Wildman–Crippen MR) is 101 cm³/mol. The van der Waals surface area contributed by atoms with Gasteiger partial charge in [-0.1, -0.05) is 53.7 Å². The van der Waals surface area contributed by atoms with Crippen molar-refractivity contribution < 1.29 is 9.32 Å². The largest absolute Gasteiger partial charge is 0.343 e. The standard InChI is InChI=1S/C20H15N3O2S/c24-20(16-10-8-15(9-11-16)14-5-2-1-3-6-14)21-13-18-22-19(23-25-18)17-7-4-12-26-17/h1-12H,13H2,(H,21,24). The highest BCUT2D eigenvalue weighted by Gasteiger charge is 2.11. The third-order valence-corrected chi connectivity index (χ3v) is 4.73. The fourth-order valence-electron chi connectivity index (χ4n) is 2.54. The molecule has 1 amide bonds. The van der Waals surface area contributed by atoms with E-state index in [-0.39, 0.29) is 12.5 Å². The Balaban J connectivity index is 1.39. The molecule has 4 aromatic rings. The van der Waals surface area contributed by atoms with Gasteiger partial charge in [0.1, 0.15) is 0 Å². The van der Waals surface area contributed by atoms with E-state index < -0.39 is 0 Å². The monoisotopic (exact) mass is 361 g/mol. The van der Waals surface area contributed by atoms with Gasteiger partial charge >= 0.3 is 0 Å². The second-order valence-corrected chi connectivity index (χ2v) is 6.56. The second kappa shape index (κ2) is 7.33. The van der Waals surface area contributed by atoms with Crippen LogP contribution in [0.25, 0.3) is 21.8 Å². The molecule has 0 aliphatic rings. The molecular weight excluding hydrogens is 346 g/mol. The van der Waals surface area contributed by atoms with Gasteiger partial charge in [-0.3, -0.25) is 4.79 Å². The lowest BCUT2D eigenvalue weighted by molar-refractivity contribution is 0.0946. The highest BCUT2D eigenvalue weighted by Crippen LogP contribution is 2.21.